The smallest absolute Gasteiger partial charge is 0.255 e. The molecular weight excluding hydrogens is 266 g/mol. The fourth-order valence-corrected chi connectivity index (χ4v) is 2.45. The monoisotopic (exact) mass is 291 g/mol. The molecule has 2 N–H and O–H groups in total. The fourth-order valence-electron chi connectivity index (χ4n) is 2.45. The van der Waals surface area contributed by atoms with E-state index in [0.717, 1.165) is 38.8 Å². The maximum Gasteiger partial charge on any atom is 0.255 e. The highest BCUT2D eigenvalue weighted by atomic mass is 16.5. The lowest BCUT2D eigenvalue weighted by atomic mass is 10.1. The first kappa shape index (κ1) is 15.8. The standard InChI is InChI=1S/C16H25N3O2/c1-2-9-17-15-14(7-5-10-18-15)16(20)19-11-8-13-6-3-4-12-21-13/h5,7,10,13H,2-4,6,8-9,11-12H2,1H3,(H,17,18)(H,19,20). The van der Waals surface area contributed by atoms with Crippen LogP contribution in [0.2, 0.25) is 0 Å². The van der Waals surface area contributed by atoms with E-state index in [1.165, 1.54) is 6.42 Å². The summed E-state index contributed by atoms with van der Waals surface area (Å²) < 4.78 is 5.67. The van der Waals surface area contributed by atoms with Gasteiger partial charge in [-0.05, 0) is 44.2 Å². The Labute approximate surface area is 126 Å². The average Bonchev–Trinajstić information content (AvgIpc) is 2.54. The van der Waals surface area contributed by atoms with Crippen molar-refractivity contribution in [2.24, 2.45) is 0 Å². The second-order valence-corrected chi connectivity index (χ2v) is 5.36. The van der Waals surface area contributed by atoms with E-state index in [4.69, 9.17) is 4.74 Å². The molecule has 1 aliphatic heterocycles. The number of amides is 1. The minimum absolute atomic E-state index is 0.0717. The highest BCUT2D eigenvalue weighted by molar-refractivity contribution is 5.98. The van der Waals surface area contributed by atoms with Crippen molar-refractivity contribution in [1.29, 1.82) is 0 Å². The third-order valence-electron chi connectivity index (χ3n) is 3.62. The molecule has 1 aliphatic rings. The molecule has 1 unspecified atom stereocenters. The predicted molar refractivity (Wildman–Crippen MR) is 83.6 cm³/mol. The molecule has 1 aromatic heterocycles. The van der Waals surface area contributed by atoms with Crippen LogP contribution in [-0.2, 0) is 4.74 Å². The molecule has 21 heavy (non-hydrogen) atoms. The molecule has 0 aliphatic carbocycles. The van der Waals surface area contributed by atoms with E-state index >= 15 is 0 Å². The minimum Gasteiger partial charge on any atom is -0.378 e. The van der Waals surface area contributed by atoms with Crippen molar-refractivity contribution < 1.29 is 9.53 Å². The number of nitrogens with zero attached hydrogens (tertiary/aromatic N) is 1. The van der Waals surface area contributed by atoms with Gasteiger partial charge in [-0.2, -0.15) is 0 Å². The average molecular weight is 291 g/mol. The summed E-state index contributed by atoms with van der Waals surface area (Å²) in [5.41, 5.74) is 0.607. The zero-order valence-electron chi connectivity index (χ0n) is 12.7. The van der Waals surface area contributed by atoms with Crippen LogP contribution in [0.4, 0.5) is 5.82 Å². The highest BCUT2D eigenvalue weighted by Gasteiger charge is 2.15. The molecule has 2 rings (SSSR count). The summed E-state index contributed by atoms with van der Waals surface area (Å²) in [7, 11) is 0. The lowest BCUT2D eigenvalue weighted by Crippen LogP contribution is -2.30. The lowest BCUT2D eigenvalue weighted by molar-refractivity contribution is 0.0117. The number of anilines is 1. The van der Waals surface area contributed by atoms with E-state index in [9.17, 15) is 4.79 Å². The third-order valence-corrected chi connectivity index (χ3v) is 3.62. The van der Waals surface area contributed by atoms with Crippen LogP contribution in [-0.4, -0.2) is 36.7 Å². The molecule has 0 saturated carbocycles. The Balaban J connectivity index is 1.82. The SMILES string of the molecule is CCCNc1ncccc1C(=O)NCCC1CCCCO1. The van der Waals surface area contributed by atoms with Gasteiger partial charge in [-0.25, -0.2) is 4.98 Å². The van der Waals surface area contributed by atoms with Crippen LogP contribution in [0.5, 0.6) is 0 Å². The van der Waals surface area contributed by atoms with Crippen molar-refractivity contribution in [3.05, 3.63) is 23.9 Å². The second-order valence-electron chi connectivity index (χ2n) is 5.36. The first-order valence-corrected chi connectivity index (χ1v) is 7.90. The Morgan fingerprint density at radius 3 is 3.10 bits per heavy atom. The van der Waals surface area contributed by atoms with Crippen LogP contribution in [0.15, 0.2) is 18.3 Å². The molecule has 2 heterocycles. The van der Waals surface area contributed by atoms with Crippen molar-refractivity contribution >= 4 is 11.7 Å². The Bertz CT molecular complexity index is 445. The van der Waals surface area contributed by atoms with E-state index in [1.807, 2.05) is 0 Å². The number of carbonyl (C=O) groups is 1. The maximum absolute atomic E-state index is 12.2. The maximum atomic E-state index is 12.2. The van der Waals surface area contributed by atoms with Gasteiger partial charge in [-0.3, -0.25) is 4.79 Å². The van der Waals surface area contributed by atoms with Crippen molar-refractivity contribution in [2.45, 2.75) is 45.1 Å². The quantitative estimate of drug-likeness (QED) is 0.810. The van der Waals surface area contributed by atoms with Crippen LogP contribution >= 0.6 is 0 Å². The number of carbonyl (C=O) groups excluding carboxylic acids is 1. The van der Waals surface area contributed by atoms with Gasteiger partial charge in [0, 0.05) is 25.9 Å². The first-order chi connectivity index (χ1) is 10.3. The van der Waals surface area contributed by atoms with Gasteiger partial charge in [0.15, 0.2) is 0 Å². The molecule has 1 atom stereocenters. The van der Waals surface area contributed by atoms with Crippen LogP contribution in [0.1, 0.15) is 49.4 Å². The van der Waals surface area contributed by atoms with E-state index < -0.39 is 0 Å². The summed E-state index contributed by atoms with van der Waals surface area (Å²) in [4.78, 5) is 16.5. The normalized spacial score (nSPS) is 18.2. The molecule has 116 valence electrons. The number of hydrogen-bond acceptors (Lipinski definition) is 4. The second kappa shape index (κ2) is 8.62. The molecular formula is C16H25N3O2. The zero-order chi connectivity index (χ0) is 14.9. The molecule has 5 nitrogen and oxygen atoms in total. The van der Waals surface area contributed by atoms with Gasteiger partial charge in [0.25, 0.3) is 5.91 Å². The number of ether oxygens (including phenoxy) is 1. The van der Waals surface area contributed by atoms with Gasteiger partial charge in [0.1, 0.15) is 5.82 Å². The molecule has 1 fully saturated rings. The van der Waals surface area contributed by atoms with Gasteiger partial charge in [0.05, 0.1) is 11.7 Å². The van der Waals surface area contributed by atoms with E-state index in [0.29, 0.717) is 24.0 Å². The molecule has 5 heteroatoms. The summed E-state index contributed by atoms with van der Waals surface area (Å²) in [6.45, 7) is 4.39. The van der Waals surface area contributed by atoms with Gasteiger partial charge in [-0.1, -0.05) is 6.92 Å². The largest absolute Gasteiger partial charge is 0.378 e. The van der Waals surface area contributed by atoms with Crippen LogP contribution in [0.25, 0.3) is 0 Å². The topological polar surface area (TPSA) is 63.2 Å². The van der Waals surface area contributed by atoms with E-state index in [1.54, 1.807) is 18.3 Å². The van der Waals surface area contributed by atoms with Crippen LogP contribution in [0, 0.1) is 0 Å². The predicted octanol–water partition coefficient (Wildman–Crippen LogP) is 2.59. The first-order valence-electron chi connectivity index (χ1n) is 7.90. The summed E-state index contributed by atoms with van der Waals surface area (Å²) >= 11 is 0. The molecule has 0 spiro atoms. The molecule has 0 aromatic carbocycles. The zero-order valence-corrected chi connectivity index (χ0v) is 12.7. The number of nitrogens with one attached hydrogen (secondary N) is 2. The minimum atomic E-state index is -0.0717. The van der Waals surface area contributed by atoms with Crippen molar-refractivity contribution in [2.75, 3.05) is 25.0 Å². The van der Waals surface area contributed by atoms with Crippen molar-refractivity contribution in [1.82, 2.24) is 10.3 Å². The number of rotatable bonds is 7. The van der Waals surface area contributed by atoms with Crippen LogP contribution < -0.4 is 10.6 Å². The highest BCUT2D eigenvalue weighted by Crippen LogP contribution is 2.15. The molecule has 0 radical (unpaired) electrons. The summed E-state index contributed by atoms with van der Waals surface area (Å²) in [6, 6.07) is 3.59. The summed E-state index contributed by atoms with van der Waals surface area (Å²) in [5.74, 6) is 0.586. The summed E-state index contributed by atoms with van der Waals surface area (Å²) in [5, 5.41) is 6.15. The summed E-state index contributed by atoms with van der Waals surface area (Å²) in [6.07, 6.45) is 7.36. The van der Waals surface area contributed by atoms with Crippen LogP contribution in [0.3, 0.4) is 0 Å². The number of hydrogen-bond donors (Lipinski definition) is 2. The Kier molecular flexibility index (Phi) is 6.47. The molecule has 1 amide bonds. The number of aromatic nitrogens is 1. The van der Waals surface area contributed by atoms with E-state index in [-0.39, 0.29) is 5.91 Å². The molecule has 0 bridgehead atoms. The Morgan fingerprint density at radius 2 is 2.33 bits per heavy atom. The van der Waals surface area contributed by atoms with Gasteiger partial charge < -0.3 is 15.4 Å². The Morgan fingerprint density at radius 1 is 1.43 bits per heavy atom. The molecule has 1 aromatic rings. The third kappa shape index (κ3) is 5.01. The van der Waals surface area contributed by atoms with Gasteiger partial charge >= 0.3 is 0 Å². The lowest BCUT2D eigenvalue weighted by Gasteiger charge is -2.22. The van der Waals surface area contributed by atoms with Crippen molar-refractivity contribution in [3.63, 3.8) is 0 Å². The van der Waals surface area contributed by atoms with Gasteiger partial charge in [-0.15, -0.1) is 0 Å². The fraction of sp³-hybridized carbons (Fsp3) is 0.625. The van der Waals surface area contributed by atoms with Gasteiger partial charge in [0.2, 0.25) is 0 Å². The van der Waals surface area contributed by atoms with Crippen molar-refractivity contribution in [3.8, 4) is 0 Å². The van der Waals surface area contributed by atoms with E-state index in [2.05, 4.69) is 22.5 Å². The Hall–Kier alpha value is -1.62. The number of pyridine rings is 1. The molecule has 1 saturated heterocycles.